The molecule has 0 saturated carbocycles. The molecule has 1 rings (SSSR count). The van der Waals surface area contributed by atoms with Gasteiger partial charge in [-0.25, -0.2) is 4.98 Å². The molecule has 0 unspecified atom stereocenters. The van der Waals surface area contributed by atoms with E-state index >= 15 is 0 Å². The van der Waals surface area contributed by atoms with E-state index in [2.05, 4.69) is 23.7 Å². The SMILES string of the molecule is CCN(CC)c1ncc(/C=C\C(N)=O)s1. The van der Waals surface area contributed by atoms with E-state index in [1.54, 1.807) is 23.6 Å². The van der Waals surface area contributed by atoms with E-state index in [0.717, 1.165) is 23.1 Å². The third-order valence-corrected chi connectivity index (χ3v) is 2.98. The number of carbonyl (C=O) groups is 1. The Balaban J connectivity index is 2.75. The van der Waals surface area contributed by atoms with Crippen LogP contribution in [0.1, 0.15) is 18.7 Å². The number of anilines is 1. The maximum atomic E-state index is 10.5. The minimum absolute atomic E-state index is 0.437. The van der Waals surface area contributed by atoms with Gasteiger partial charge in [-0.3, -0.25) is 4.79 Å². The Bertz CT molecular complexity index is 355. The van der Waals surface area contributed by atoms with Crippen molar-refractivity contribution in [3.05, 3.63) is 17.2 Å². The number of aromatic nitrogens is 1. The molecule has 1 aromatic heterocycles. The third-order valence-electron chi connectivity index (χ3n) is 1.96. The largest absolute Gasteiger partial charge is 0.366 e. The number of carbonyl (C=O) groups excluding carboxylic acids is 1. The van der Waals surface area contributed by atoms with Crippen LogP contribution in [0.2, 0.25) is 0 Å². The van der Waals surface area contributed by atoms with Crippen LogP contribution in [0.3, 0.4) is 0 Å². The molecule has 2 N–H and O–H groups in total. The number of nitrogens with zero attached hydrogens (tertiary/aromatic N) is 2. The summed E-state index contributed by atoms with van der Waals surface area (Å²) in [4.78, 5) is 17.9. The molecule has 1 heterocycles. The number of hydrogen-bond acceptors (Lipinski definition) is 4. The van der Waals surface area contributed by atoms with Crippen LogP contribution in [0.4, 0.5) is 5.13 Å². The highest BCUT2D eigenvalue weighted by Gasteiger charge is 2.05. The molecule has 0 aromatic carbocycles. The van der Waals surface area contributed by atoms with E-state index in [4.69, 9.17) is 5.73 Å². The molecular weight excluding hydrogens is 210 g/mol. The highest BCUT2D eigenvalue weighted by atomic mass is 32.1. The Labute approximate surface area is 93.4 Å². The van der Waals surface area contributed by atoms with Gasteiger partial charge in [0.2, 0.25) is 5.91 Å². The second-order valence-electron chi connectivity index (χ2n) is 2.95. The molecule has 15 heavy (non-hydrogen) atoms. The van der Waals surface area contributed by atoms with E-state index in [-0.39, 0.29) is 0 Å². The lowest BCUT2D eigenvalue weighted by atomic mass is 10.4. The average molecular weight is 225 g/mol. The minimum Gasteiger partial charge on any atom is -0.366 e. The zero-order valence-corrected chi connectivity index (χ0v) is 9.75. The van der Waals surface area contributed by atoms with Gasteiger partial charge in [-0.1, -0.05) is 11.3 Å². The van der Waals surface area contributed by atoms with E-state index < -0.39 is 5.91 Å². The van der Waals surface area contributed by atoms with Crippen molar-refractivity contribution < 1.29 is 4.79 Å². The average Bonchev–Trinajstić information content (AvgIpc) is 2.65. The molecule has 1 aromatic rings. The molecule has 0 saturated heterocycles. The maximum absolute atomic E-state index is 10.5. The Morgan fingerprint density at radius 3 is 2.80 bits per heavy atom. The molecule has 0 bridgehead atoms. The molecular formula is C10H15N3OS. The molecule has 82 valence electrons. The van der Waals surface area contributed by atoms with E-state index in [1.807, 2.05) is 0 Å². The highest BCUT2D eigenvalue weighted by molar-refractivity contribution is 7.16. The monoisotopic (exact) mass is 225 g/mol. The number of thiazole rings is 1. The Kier molecular flexibility index (Phi) is 4.30. The van der Waals surface area contributed by atoms with Crippen molar-refractivity contribution in [3.63, 3.8) is 0 Å². The number of amides is 1. The number of primary amides is 1. The molecule has 1 amide bonds. The summed E-state index contributed by atoms with van der Waals surface area (Å²) in [6.07, 6.45) is 4.78. The van der Waals surface area contributed by atoms with Gasteiger partial charge >= 0.3 is 0 Å². The van der Waals surface area contributed by atoms with Gasteiger partial charge in [-0.15, -0.1) is 0 Å². The Morgan fingerprint density at radius 1 is 1.60 bits per heavy atom. The van der Waals surface area contributed by atoms with Gasteiger partial charge in [0.25, 0.3) is 0 Å². The standard InChI is InChI=1S/C10H15N3OS/c1-3-13(4-2)10-12-7-8(15-10)5-6-9(11)14/h5-7H,3-4H2,1-2H3,(H2,11,14)/b6-5-. The Morgan fingerprint density at radius 2 is 2.27 bits per heavy atom. The van der Waals surface area contributed by atoms with Crippen molar-refractivity contribution in [2.45, 2.75) is 13.8 Å². The summed E-state index contributed by atoms with van der Waals surface area (Å²) in [5, 5.41) is 0.976. The predicted molar refractivity (Wildman–Crippen MR) is 63.9 cm³/mol. The van der Waals surface area contributed by atoms with Crippen LogP contribution in [0.25, 0.3) is 6.08 Å². The van der Waals surface area contributed by atoms with Crippen LogP contribution >= 0.6 is 11.3 Å². The number of nitrogens with two attached hydrogens (primary N) is 1. The van der Waals surface area contributed by atoms with Crippen molar-refractivity contribution in [2.24, 2.45) is 5.73 Å². The van der Waals surface area contributed by atoms with Crippen molar-refractivity contribution in [3.8, 4) is 0 Å². The Hall–Kier alpha value is -1.36. The van der Waals surface area contributed by atoms with E-state index in [0.29, 0.717) is 0 Å². The molecule has 0 aliphatic heterocycles. The summed E-state index contributed by atoms with van der Waals surface area (Å²) in [7, 11) is 0. The molecule has 0 spiro atoms. The topological polar surface area (TPSA) is 59.2 Å². The fraction of sp³-hybridized carbons (Fsp3) is 0.400. The third kappa shape index (κ3) is 3.36. The van der Waals surface area contributed by atoms with Gasteiger partial charge in [0.1, 0.15) is 0 Å². The summed E-state index contributed by atoms with van der Waals surface area (Å²) in [6, 6.07) is 0. The molecule has 0 fully saturated rings. The van der Waals surface area contributed by atoms with Crippen molar-refractivity contribution in [2.75, 3.05) is 18.0 Å². The van der Waals surface area contributed by atoms with Crippen LogP contribution < -0.4 is 10.6 Å². The molecule has 5 heteroatoms. The lowest BCUT2D eigenvalue weighted by Crippen LogP contribution is -2.21. The zero-order chi connectivity index (χ0) is 11.3. The van der Waals surface area contributed by atoms with Crippen molar-refractivity contribution in [1.29, 1.82) is 0 Å². The lowest BCUT2D eigenvalue weighted by Gasteiger charge is -2.16. The summed E-state index contributed by atoms with van der Waals surface area (Å²) >= 11 is 1.55. The second-order valence-corrected chi connectivity index (χ2v) is 3.99. The normalized spacial score (nSPS) is 10.8. The molecule has 0 aliphatic rings. The minimum atomic E-state index is -0.437. The molecule has 4 nitrogen and oxygen atoms in total. The van der Waals surface area contributed by atoms with Crippen LogP contribution in [-0.2, 0) is 4.79 Å². The molecule has 0 radical (unpaired) electrons. The molecule has 0 aliphatic carbocycles. The highest BCUT2D eigenvalue weighted by Crippen LogP contribution is 2.22. The summed E-state index contributed by atoms with van der Waals surface area (Å²) in [6.45, 7) is 6.04. The van der Waals surface area contributed by atoms with E-state index in [1.165, 1.54) is 6.08 Å². The van der Waals surface area contributed by atoms with Crippen LogP contribution in [0.5, 0.6) is 0 Å². The first-order chi connectivity index (χ1) is 7.17. The van der Waals surface area contributed by atoms with Crippen molar-refractivity contribution >= 4 is 28.5 Å². The summed E-state index contributed by atoms with van der Waals surface area (Å²) < 4.78 is 0. The van der Waals surface area contributed by atoms with Gasteiger partial charge in [0, 0.05) is 30.2 Å². The van der Waals surface area contributed by atoms with Crippen molar-refractivity contribution in [1.82, 2.24) is 4.98 Å². The van der Waals surface area contributed by atoms with Crippen LogP contribution in [0.15, 0.2) is 12.3 Å². The van der Waals surface area contributed by atoms with Crippen LogP contribution in [0, 0.1) is 0 Å². The lowest BCUT2D eigenvalue weighted by molar-refractivity contribution is -0.113. The van der Waals surface area contributed by atoms with Crippen LogP contribution in [-0.4, -0.2) is 24.0 Å². The predicted octanol–water partition coefficient (Wildman–Crippen LogP) is 1.49. The maximum Gasteiger partial charge on any atom is 0.241 e. The van der Waals surface area contributed by atoms with Gasteiger partial charge in [0.15, 0.2) is 5.13 Å². The first kappa shape index (κ1) is 11.7. The molecule has 0 atom stereocenters. The van der Waals surface area contributed by atoms with Gasteiger partial charge in [-0.2, -0.15) is 0 Å². The smallest absolute Gasteiger partial charge is 0.241 e. The quantitative estimate of drug-likeness (QED) is 0.772. The summed E-state index contributed by atoms with van der Waals surface area (Å²) in [5.41, 5.74) is 5.01. The fourth-order valence-corrected chi connectivity index (χ4v) is 2.10. The van der Waals surface area contributed by atoms with Gasteiger partial charge < -0.3 is 10.6 Å². The van der Waals surface area contributed by atoms with E-state index in [9.17, 15) is 4.79 Å². The fourth-order valence-electron chi connectivity index (χ4n) is 1.16. The summed E-state index contributed by atoms with van der Waals surface area (Å²) in [5.74, 6) is -0.437. The number of hydrogen-bond donors (Lipinski definition) is 1. The van der Waals surface area contributed by atoms with Gasteiger partial charge in [-0.05, 0) is 19.9 Å². The number of rotatable bonds is 5. The second kappa shape index (κ2) is 5.50. The van der Waals surface area contributed by atoms with Gasteiger partial charge in [0.05, 0.1) is 0 Å². The first-order valence-corrected chi connectivity index (χ1v) is 5.67. The zero-order valence-electron chi connectivity index (χ0n) is 8.93. The first-order valence-electron chi connectivity index (χ1n) is 4.85.